The van der Waals surface area contributed by atoms with E-state index in [2.05, 4.69) is 10.6 Å². The molecule has 0 aromatic heterocycles. The second-order valence-electron chi connectivity index (χ2n) is 3.26. The monoisotopic (exact) mass is 214 g/mol. The molecule has 7 heteroatoms. The first kappa shape index (κ1) is 11.6. The molecule has 3 amide bonds. The summed E-state index contributed by atoms with van der Waals surface area (Å²) in [6, 6.07) is 0. The van der Waals surface area contributed by atoms with Gasteiger partial charge in [-0.05, 0) is 0 Å². The summed E-state index contributed by atoms with van der Waals surface area (Å²) >= 11 is 0. The minimum absolute atomic E-state index is 0.0408. The quantitative estimate of drug-likeness (QED) is 0.433. The first-order valence-corrected chi connectivity index (χ1v) is 4.63. The number of nitrogens with zero attached hydrogens (tertiary/aromatic N) is 1. The van der Waals surface area contributed by atoms with Gasteiger partial charge < -0.3 is 11.1 Å². The van der Waals surface area contributed by atoms with Gasteiger partial charge >= 0.3 is 0 Å². The van der Waals surface area contributed by atoms with Gasteiger partial charge in [0, 0.05) is 13.1 Å². The van der Waals surface area contributed by atoms with Crippen molar-refractivity contribution in [3.05, 3.63) is 0 Å². The molecular formula is C8H14N4O3. The molecule has 1 heterocycles. The smallest absolute Gasteiger partial charge is 0.240 e. The Morgan fingerprint density at radius 1 is 1.40 bits per heavy atom. The Balaban J connectivity index is 2.34. The van der Waals surface area contributed by atoms with E-state index in [4.69, 9.17) is 5.73 Å². The van der Waals surface area contributed by atoms with Gasteiger partial charge in [-0.25, -0.2) is 0 Å². The third-order valence-electron chi connectivity index (χ3n) is 1.85. The van der Waals surface area contributed by atoms with Gasteiger partial charge in [-0.1, -0.05) is 0 Å². The molecule has 0 radical (unpaired) electrons. The number of hydrogen-bond donors (Lipinski definition) is 3. The lowest BCUT2D eigenvalue weighted by Gasteiger charge is -2.24. The van der Waals surface area contributed by atoms with Crippen molar-refractivity contribution in [2.75, 3.05) is 32.7 Å². The number of amides is 3. The van der Waals surface area contributed by atoms with Crippen LogP contribution >= 0.6 is 0 Å². The highest BCUT2D eigenvalue weighted by Crippen LogP contribution is 1.93. The second kappa shape index (κ2) is 5.42. The number of carbonyl (C=O) groups is 3. The van der Waals surface area contributed by atoms with E-state index in [0.29, 0.717) is 13.1 Å². The molecule has 0 aliphatic carbocycles. The van der Waals surface area contributed by atoms with Crippen molar-refractivity contribution in [2.24, 2.45) is 5.73 Å². The molecule has 0 unspecified atom stereocenters. The van der Waals surface area contributed by atoms with E-state index < -0.39 is 0 Å². The minimum atomic E-state index is -0.377. The van der Waals surface area contributed by atoms with Crippen LogP contribution in [0.5, 0.6) is 0 Å². The fourth-order valence-corrected chi connectivity index (χ4v) is 1.28. The number of piperazine rings is 1. The summed E-state index contributed by atoms with van der Waals surface area (Å²) in [5, 5.41) is 4.72. The molecule has 0 saturated carbocycles. The van der Waals surface area contributed by atoms with Crippen LogP contribution < -0.4 is 16.4 Å². The highest BCUT2D eigenvalue weighted by molar-refractivity contribution is 5.99. The van der Waals surface area contributed by atoms with Crippen molar-refractivity contribution in [3.63, 3.8) is 0 Å². The Kier molecular flexibility index (Phi) is 4.19. The molecule has 0 bridgehead atoms. The lowest BCUT2D eigenvalue weighted by molar-refractivity contribution is -0.136. The fourth-order valence-electron chi connectivity index (χ4n) is 1.28. The third-order valence-corrected chi connectivity index (χ3v) is 1.85. The topological polar surface area (TPSA) is 105 Å². The van der Waals surface area contributed by atoms with Crippen LogP contribution in [-0.4, -0.2) is 55.3 Å². The number of imide groups is 1. The molecule has 1 aliphatic heterocycles. The normalized spacial score (nSPS) is 17.4. The molecule has 0 spiro atoms. The maximum atomic E-state index is 11.2. The van der Waals surface area contributed by atoms with Crippen LogP contribution in [0.4, 0.5) is 0 Å². The van der Waals surface area contributed by atoms with Gasteiger partial charge in [-0.15, -0.1) is 0 Å². The summed E-state index contributed by atoms with van der Waals surface area (Å²) in [6.45, 7) is 0.945. The maximum Gasteiger partial charge on any atom is 0.240 e. The predicted molar refractivity (Wildman–Crippen MR) is 51.7 cm³/mol. The molecule has 0 atom stereocenters. The number of nitrogens with two attached hydrogens (primary N) is 1. The Bertz CT molecular complexity index is 263. The summed E-state index contributed by atoms with van der Waals surface area (Å²) in [6.07, 6.45) is 0. The van der Waals surface area contributed by atoms with Crippen LogP contribution in [0.3, 0.4) is 0 Å². The molecule has 1 fully saturated rings. The van der Waals surface area contributed by atoms with Crippen molar-refractivity contribution >= 4 is 17.7 Å². The zero-order valence-electron chi connectivity index (χ0n) is 8.28. The Hall–Kier alpha value is -1.47. The van der Waals surface area contributed by atoms with Crippen LogP contribution in [0, 0.1) is 0 Å². The van der Waals surface area contributed by atoms with Crippen LogP contribution in [0.25, 0.3) is 0 Å². The number of nitrogens with one attached hydrogen (secondary N) is 2. The van der Waals surface area contributed by atoms with Crippen molar-refractivity contribution in [1.29, 1.82) is 0 Å². The second-order valence-corrected chi connectivity index (χ2v) is 3.26. The van der Waals surface area contributed by atoms with Gasteiger partial charge in [0.25, 0.3) is 0 Å². The molecule has 0 aromatic carbocycles. The number of carbonyl (C=O) groups excluding carboxylic acids is 3. The molecule has 1 aliphatic rings. The Morgan fingerprint density at radius 3 is 2.53 bits per heavy atom. The van der Waals surface area contributed by atoms with Crippen LogP contribution in [0.1, 0.15) is 0 Å². The lowest BCUT2D eigenvalue weighted by atomic mass is 10.3. The molecule has 84 valence electrons. The standard InChI is InChI=1S/C8H14N4O3/c9-1-2-10-6(13)3-12-4-7(14)11-8(15)5-12/h1-5,9H2,(H,10,13)(H,11,14,15). The molecule has 4 N–H and O–H groups in total. The van der Waals surface area contributed by atoms with Gasteiger partial charge in [-0.3, -0.25) is 24.6 Å². The van der Waals surface area contributed by atoms with Crippen molar-refractivity contribution in [1.82, 2.24) is 15.5 Å². The van der Waals surface area contributed by atoms with E-state index in [1.165, 1.54) is 4.90 Å². The summed E-state index contributed by atoms with van der Waals surface area (Å²) in [7, 11) is 0. The van der Waals surface area contributed by atoms with Gasteiger partial charge in [0.05, 0.1) is 19.6 Å². The summed E-state index contributed by atoms with van der Waals surface area (Å²) < 4.78 is 0. The molecule has 7 nitrogen and oxygen atoms in total. The first-order valence-electron chi connectivity index (χ1n) is 4.63. The van der Waals surface area contributed by atoms with E-state index in [0.717, 1.165) is 0 Å². The molecule has 0 aromatic rings. The van der Waals surface area contributed by atoms with E-state index in [9.17, 15) is 14.4 Å². The van der Waals surface area contributed by atoms with Crippen molar-refractivity contribution in [2.45, 2.75) is 0 Å². The van der Waals surface area contributed by atoms with Crippen LogP contribution in [-0.2, 0) is 14.4 Å². The van der Waals surface area contributed by atoms with E-state index in [-0.39, 0.29) is 37.4 Å². The Morgan fingerprint density at radius 2 is 2.00 bits per heavy atom. The summed E-state index contributed by atoms with van der Waals surface area (Å²) in [5.41, 5.74) is 5.21. The van der Waals surface area contributed by atoms with Crippen molar-refractivity contribution in [3.8, 4) is 0 Å². The third kappa shape index (κ3) is 4.05. The summed E-state index contributed by atoms with van der Waals surface area (Å²) in [5.74, 6) is -0.987. The largest absolute Gasteiger partial charge is 0.354 e. The van der Waals surface area contributed by atoms with Gasteiger partial charge in [0.1, 0.15) is 0 Å². The lowest BCUT2D eigenvalue weighted by Crippen LogP contribution is -2.53. The first-order chi connectivity index (χ1) is 7.11. The number of hydrogen-bond acceptors (Lipinski definition) is 5. The van der Waals surface area contributed by atoms with E-state index in [1.807, 2.05) is 0 Å². The predicted octanol–water partition coefficient (Wildman–Crippen LogP) is -2.98. The fraction of sp³-hybridized carbons (Fsp3) is 0.625. The molecule has 15 heavy (non-hydrogen) atoms. The molecule has 1 rings (SSSR count). The Labute approximate surface area is 87.0 Å². The van der Waals surface area contributed by atoms with Crippen molar-refractivity contribution < 1.29 is 14.4 Å². The summed E-state index contributed by atoms with van der Waals surface area (Å²) in [4.78, 5) is 34.6. The van der Waals surface area contributed by atoms with Gasteiger partial charge in [-0.2, -0.15) is 0 Å². The molecule has 1 saturated heterocycles. The van der Waals surface area contributed by atoms with Gasteiger partial charge in [0.15, 0.2) is 0 Å². The van der Waals surface area contributed by atoms with Crippen LogP contribution in [0.2, 0.25) is 0 Å². The SMILES string of the molecule is NCCNC(=O)CN1CC(=O)NC(=O)C1. The molecular weight excluding hydrogens is 200 g/mol. The average molecular weight is 214 g/mol. The van der Waals surface area contributed by atoms with E-state index in [1.54, 1.807) is 0 Å². The van der Waals surface area contributed by atoms with Gasteiger partial charge in [0.2, 0.25) is 17.7 Å². The van der Waals surface area contributed by atoms with E-state index >= 15 is 0 Å². The minimum Gasteiger partial charge on any atom is -0.354 e. The zero-order valence-corrected chi connectivity index (χ0v) is 8.28. The average Bonchev–Trinajstić information content (AvgIpc) is 2.13. The highest BCUT2D eigenvalue weighted by atomic mass is 16.2. The number of rotatable bonds is 4. The maximum absolute atomic E-state index is 11.2. The highest BCUT2D eigenvalue weighted by Gasteiger charge is 2.23. The zero-order chi connectivity index (χ0) is 11.3. The van der Waals surface area contributed by atoms with Crippen LogP contribution in [0.15, 0.2) is 0 Å².